The molecule has 0 aliphatic heterocycles. The molecule has 1 fully saturated rings. The summed E-state index contributed by atoms with van der Waals surface area (Å²) in [5, 5.41) is 17.9. The molecule has 1 heterocycles. The molecule has 1 amide bonds. The minimum absolute atomic E-state index is 0.160. The molecule has 186 valence electrons. The standard InChI is InChI=1S/C30H26N2O5/c1-19-28(31-29(35)36-20(2)22-6-4-3-5-7-22)26(37-32-19)13-9-21-8-10-24-17-25(12-11-23(24)16-21)30(14-15-30)18-27(33)34/h3-8,10-12,16-17,20H,14-15,18H2,1-2H3,(H,31,35)(H,33,34). The lowest BCUT2D eigenvalue weighted by molar-refractivity contribution is -0.137. The van der Waals surface area contributed by atoms with Crippen LogP contribution >= 0.6 is 0 Å². The largest absolute Gasteiger partial charge is 0.481 e. The number of hydrogen-bond acceptors (Lipinski definition) is 5. The lowest BCUT2D eigenvalue weighted by Crippen LogP contribution is -2.16. The highest BCUT2D eigenvalue weighted by Gasteiger charge is 2.45. The Balaban J connectivity index is 1.31. The van der Waals surface area contributed by atoms with Crippen molar-refractivity contribution in [2.45, 2.75) is 44.6 Å². The number of carbonyl (C=O) groups is 2. The van der Waals surface area contributed by atoms with Crippen LogP contribution in [0.4, 0.5) is 10.5 Å². The average molecular weight is 495 g/mol. The molecule has 0 radical (unpaired) electrons. The van der Waals surface area contributed by atoms with E-state index in [4.69, 9.17) is 9.26 Å². The van der Waals surface area contributed by atoms with Gasteiger partial charge in [-0.1, -0.05) is 65.7 Å². The first-order valence-corrected chi connectivity index (χ1v) is 12.1. The number of carboxylic acid groups (broad SMARTS) is 1. The van der Waals surface area contributed by atoms with Gasteiger partial charge in [0.1, 0.15) is 17.5 Å². The van der Waals surface area contributed by atoms with Crippen molar-refractivity contribution in [3.05, 3.63) is 94.9 Å². The minimum Gasteiger partial charge on any atom is -0.481 e. The number of fused-ring (bicyclic) bond motifs is 1. The van der Waals surface area contributed by atoms with E-state index in [2.05, 4.69) is 28.4 Å². The molecular weight excluding hydrogens is 468 g/mol. The van der Waals surface area contributed by atoms with Gasteiger partial charge in [-0.3, -0.25) is 10.1 Å². The van der Waals surface area contributed by atoms with E-state index in [1.165, 1.54) is 0 Å². The number of hydrogen-bond donors (Lipinski definition) is 2. The number of aromatic nitrogens is 1. The zero-order chi connectivity index (χ0) is 26.0. The fourth-order valence-electron chi connectivity index (χ4n) is 4.48. The molecule has 1 unspecified atom stereocenters. The molecular formula is C30H26N2O5. The van der Waals surface area contributed by atoms with Crippen molar-refractivity contribution in [3.63, 3.8) is 0 Å². The highest BCUT2D eigenvalue weighted by molar-refractivity contribution is 5.87. The summed E-state index contributed by atoms with van der Waals surface area (Å²) in [6.45, 7) is 3.52. The maximum atomic E-state index is 12.5. The van der Waals surface area contributed by atoms with E-state index in [9.17, 15) is 14.7 Å². The first kappa shape index (κ1) is 24.1. The predicted molar refractivity (Wildman–Crippen MR) is 139 cm³/mol. The van der Waals surface area contributed by atoms with E-state index in [1.807, 2.05) is 60.7 Å². The zero-order valence-electron chi connectivity index (χ0n) is 20.6. The molecule has 3 aromatic carbocycles. The third-order valence-corrected chi connectivity index (χ3v) is 6.76. The minimum atomic E-state index is -0.765. The first-order chi connectivity index (χ1) is 17.8. The Morgan fingerprint density at radius 2 is 1.81 bits per heavy atom. The maximum Gasteiger partial charge on any atom is 0.412 e. The fraction of sp³-hybridized carbons (Fsp3) is 0.233. The Labute approximate surface area is 214 Å². The number of nitrogens with zero attached hydrogens (tertiary/aromatic N) is 1. The molecule has 0 bridgehead atoms. The van der Waals surface area contributed by atoms with Gasteiger partial charge in [-0.2, -0.15) is 0 Å². The van der Waals surface area contributed by atoms with Crippen molar-refractivity contribution < 1.29 is 24.0 Å². The predicted octanol–water partition coefficient (Wildman–Crippen LogP) is 6.35. The number of nitrogens with one attached hydrogen (secondary N) is 1. The summed E-state index contributed by atoms with van der Waals surface area (Å²) in [4.78, 5) is 23.8. The van der Waals surface area contributed by atoms with Gasteiger partial charge in [0.05, 0.1) is 6.42 Å². The van der Waals surface area contributed by atoms with Crippen LogP contribution in [0.2, 0.25) is 0 Å². The van der Waals surface area contributed by atoms with Crippen LogP contribution < -0.4 is 5.32 Å². The Morgan fingerprint density at radius 3 is 2.54 bits per heavy atom. The van der Waals surface area contributed by atoms with Crippen LogP contribution in [0.25, 0.3) is 10.8 Å². The van der Waals surface area contributed by atoms with E-state index in [0.29, 0.717) is 11.4 Å². The zero-order valence-corrected chi connectivity index (χ0v) is 20.6. The van der Waals surface area contributed by atoms with E-state index in [0.717, 1.165) is 40.3 Å². The van der Waals surface area contributed by atoms with Gasteiger partial charge in [0.15, 0.2) is 0 Å². The quantitative estimate of drug-likeness (QED) is 0.303. The smallest absolute Gasteiger partial charge is 0.412 e. The van der Waals surface area contributed by atoms with Crippen LogP contribution in [0.3, 0.4) is 0 Å². The molecule has 7 heteroatoms. The van der Waals surface area contributed by atoms with Crippen molar-refractivity contribution in [3.8, 4) is 11.8 Å². The monoisotopic (exact) mass is 494 g/mol. The molecule has 1 aliphatic rings. The third-order valence-electron chi connectivity index (χ3n) is 6.76. The van der Waals surface area contributed by atoms with Gasteiger partial charge in [-0.15, -0.1) is 0 Å². The second-order valence-electron chi connectivity index (χ2n) is 9.43. The van der Waals surface area contributed by atoms with Crippen molar-refractivity contribution in [2.24, 2.45) is 0 Å². The molecule has 1 aromatic heterocycles. The van der Waals surface area contributed by atoms with Crippen molar-refractivity contribution in [1.29, 1.82) is 0 Å². The lowest BCUT2D eigenvalue weighted by Gasteiger charge is -2.14. The SMILES string of the molecule is Cc1noc(C#Cc2ccc3cc(C4(CC(=O)O)CC4)ccc3c2)c1NC(=O)OC(C)c1ccccc1. The summed E-state index contributed by atoms with van der Waals surface area (Å²) in [5.41, 5.74) is 3.37. The Hall–Kier alpha value is -4.57. The molecule has 5 rings (SSSR count). The lowest BCUT2D eigenvalue weighted by atomic mass is 9.90. The van der Waals surface area contributed by atoms with Crippen molar-refractivity contribution in [2.75, 3.05) is 5.32 Å². The Kier molecular flexibility index (Phi) is 6.41. The van der Waals surface area contributed by atoms with Crippen LogP contribution in [0.5, 0.6) is 0 Å². The molecule has 1 saturated carbocycles. The maximum absolute atomic E-state index is 12.5. The fourth-order valence-corrected chi connectivity index (χ4v) is 4.48. The number of rotatable bonds is 6. The number of carbonyl (C=O) groups excluding carboxylic acids is 1. The first-order valence-electron chi connectivity index (χ1n) is 12.1. The van der Waals surface area contributed by atoms with E-state index in [-0.39, 0.29) is 17.6 Å². The summed E-state index contributed by atoms with van der Waals surface area (Å²) < 4.78 is 10.8. The molecule has 1 atom stereocenters. The normalized spacial score (nSPS) is 14.3. The van der Waals surface area contributed by atoms with Gasteiger partial charge < -0.3 is 14.4 Å². The topological polar surface area (TPSA) is 102 Å². The second kappa shape index (κ2) is 9.82. The molecule has 37 heavy (non-hydrogen) atoms. The van der Waals surface area contributed by atoms with Crippen LogP contribution in [-0.2, 0) is 14.9 Å². The van der Waals surface area contributed by atoms with Crippen LogP contribution in [0.1, 0.15) is 60.4 Å². The Bertz CT molecular complexity index is 1540. The molecule has 7 nitrogen and oxygen atoms in total. The van der Waals surface area contributed by atoms with Gasteiger partial charge >= 0.3 is 12.1 Å². The van der Waals surface area contributed by atoms with Gasteiger partial charge in [0, 0.05) is 11.0 Å². The Morgan fingerprint density at radius 1 is 1.08 bits per heavy atom. The van der Waals surface area contributed by atoms with Crippen molar-refractivity contribution in [1.82, 2.24) is 5.16 Å². The number of amides is 1. The van der Waals surface area contributed by atoms with Crippen LogP contribution in [0, 0.1) is 18.8 Å². The third kappa shape index (κ3) is 5.34. The summed E-state index contributed by atoms with van der Waals surface area (Å²) in [5.74, 6) is 5.51. The van der Waals surface area contributed by atoms with E-state index >= 15 is 0 Å². The number of benzene rings is 3. The van der Waals surface area contributed by atoms with Crippen molar-refractivity contribution >= 4 is 28.5 Å². The van der Waals surface area contributed by atoms with Crippen LogP contribution in [-0.4, -0.2) is 22.3 Å². The summed E-state index contributed by atoms with van der Waals surface area (Å²) in [7, 11) is 0. The highest BCUT2D eigenvalue weighted by Crippen LogP contribution is 2.51. The summed E-state index contributed by atoms with van der Waals surface area (Å²) in [6.07, 6.45) is 0.921. The van der Waals surface area contributed by atoms with Gasteiger partial charge in [-0.25, -0.2) is 4.79 Å². The molecule has 0 saturated heterocycles. The summed E-state index contributed by atoms with van der Waals surface area (Å²) >= 11 is 0. The number of aliphatic carboxylic acids is 1. The van der Waals surface area contributed by atoms with Crippen LogP contribution in [0.15, 0.2) is 71.3 Å². The number of carboxylic acids is 1. The van der Waals surface area contributed by atoms with E-state index < -0.39 is 18.2 Å². The number of anilines is 1. The number of aryl methyl sites for hydroxylation is 1. The molecule has 0 spiro atoms. The molecule has 1 aliphatic carbocycles. The highest BCUT2D eigenvalue weighted by atomic mass is 16.6. The molecule has 2 N–H and O–H groups in total. The number of ether oxygens (including phenoxy) is 1. The van der Waals surface area contributed by atoms with E-state index in [1.54, 1.807) is 13.8 Å². The second-order valence-corrected chi connectivity index (χ2v) is 9.43. The molecule has 4 aromatic rings. The van der Waals surface area contributed by atoms with Gasteiger partial charge in [0.2, 0.25) is 5.76 Å². The van der Waals surface area contributed by atoms with Gasteiger partial charge in [0.25, 0.3) is 0 Å². The average Bonchev–Trinajstić information content (AvgIpc) is 3.59. The van der Waals surface area contributed by atoms with Gasteiger partial charge in [-0.05, 0) is 66.6 Å². The summed E-state index contributed by atoms with van der Waals surface area (Å²) in [6, 6.07) is 21.4.